The van der Waals surface area contributed by atoms with E-state index >= 15 is 0 Å². The van der Waals surface area contributed by atoms with Gasteiger partial charge in [-0.15, -0.1) is 0 Å². The number of aliphatic carboxylic acids is 2. The van der Waals surface area contributed by atoms with E-state index in [1.807, 2.05) is 0 Å². The molecule has 0 fully saturated rings. The zero-order chi connectivity index (χ0) is 28.1. The molecule has 0 saturated heterocycles. The van der Waals surface area contributed by atoms with Gasteiger partial charge in [0.1, 0.15) is 11.2 Å². The molecule has 6 rings (SSSR count). The third-order valence-corrected chi connectivity index (χ3v) is 8.18. The van der Waals surface area contributed by atoms with Crippen molar-refractivity contribution >= 4 is 24.1 Å². The molecular weight excluding hydrogens is 504 g/mol. The van der Waals surface area contributed by atoms with Crippen molar-refractivity contribution in [2.45, 2.75) is 23.0 Å². The quantitative estimate of drug-likeness (QED) is 0.411. The molecule has 0 amide bonds. The zero-order valence-corrected chi connectivity index (χ0v) is 21.2. The summed E-state index contributed by atoms with van der Waals surface area (Å²) in [6.07, 6.45) is 2.78. The number of carbonyl (C=O) groups excluding carboxylic acids is 2. The Bertz CT molecular complexity index is 1560. The van der Waals surface area contributed by atoms with Crippen molar-refractivity contribution in [1.82, 2.24) is 0 Å². The maximum absolute atomic E-state index is 12.8. The van der Waals surface area contributed by atoms with Crippen LogP contribution in [0.15, 0.2) is 120 Å². The second-order valence-corrected chi connectivity index (χ2v) is 10.2. The van der Waals surface area contributed by atoms with Crippen LogP contribution in [-0.4, -0.2) is 22.2 Å². The maximum Gasteiger partial charge on any atom is 0.124 e. The van der Waals surface area contributed by atoms with Gasteiger partial charge in [-0.25, -0.2) is 0 Å². The first kappa shape index (κ1) is 25.5. The van der Waals surface area contributed by atoms with Gasteiger partial charge in [-0.05, 0) is 45.5 Å². The molecule has 0 heterocycles. The van der Waals surface area contributed by atoms with Crippen LogP contribution in [0, 0.1) is 0 Å². The number of hydrogen-bond donors (Lipinski definition) is 2. The Morgan fingerprint density at radius 2 is 0.850 bits per heavy atom. The lowest BCUT2D eigenvalue weighted by Gasteiger charge is -2.53. The summed E-state index contributed by atoms with van der Waals surface area (Å²) in [5, 5.41) is 51.0. The molecule has 0 aliphatic heterocycles. The summed E-state index contributed by atoms with van der Waals surface area (Å²) in [5.41, 5.74) is -2.55. The SMILES string of the molecule is O=C([O-])C1=Cc2ccccc2C(C2c3ccccc3C=C(C(=O)[O-])C2(O)c2ccccc2)C1(O)c1ccccc1. The number of carboxylic acid groups (broad SMARTS) is 2. The van der Waals surface area contributed by atoms with Gasteiger partial charge in [-0.1, -0.05) is 109 Å². The zero-order valence-electron chi connectivity index (χ0n) is 21.2. The minimum absolute atomic E-state index is 0.266. The fourth-order valence-electron chi connectivity index (χ4n) is 6.49. The van der Waals surface area contributed by atoms with E-state index in [1.54, 1.807) is 109 Å². The highest BCUT2D eigenvalue weighted by Crippen LogP contribution is 2.61. The molecule has 0 bridgehead atoms. The summed E-state index contributed by atoms with van der Waals surface area (Å²) in [4.78, 5) is 25.4. The molecular formula is C34H24O6-2. The van der Waals surface area contributed by atoms with Crippen molar-refractivity contribution in [2.75, 3.05) is 0 Å². The Labute approximate surface area is 230 Å². The average molecular weight is 529 g/mol. The predicted octanol–water partition coefficient (Wildman–Crippen LogP) is 2.62. The molecule has 6 nitrogen and oxygen atoms in total. The van der Waals surface area contributed by atoms with E-state index in [9.17, 15) is 30.0 Å². The molecule has 198 valence electrons. The van der Waals surface area contributed by atoms with Gasteiger partial charge in [-0.3, -0.25) is 0 Å². The van der Waals surface area contributed by atoms with Crippen LogP contribution in [0.25, 0.3) is 12.2 Å². The Balaban J connectivity index is 1.77. The third-order valence-electron chi connectivity index (χ3n) is 8.18. The van der Waals surface area contributed by atoms with Crippen molar-refractivity contribution in [3.63, 3.8) is 0 Å². The van der Waals surface area contributed by atoms with Crippen LogP contribution in [-0.2, 0) is 20.8 Å². The van der Waals surface area contributed by atoms with Crippen LogP contribution < -0.4 is 10.2 Å². The van der Waals surface area contributed by atoms with Gasteiger partial charge in [0.2, 0.25) is 0 Å². The average Bonchev–Trinajstić information content (AvgIpc) is 2.98. The molecule has 4 aromatic rings. The van der Waals surface area contributed by atoms with E-state index in [0.29, 0.717) is 22.3 Å². The molecule has 0 radical (unpaired) electrons. The molecule has 0 saturated carbocycles. The molecule has 40 heavy (non-hydrogen) atoms. The predicted molar refractivity (Wildman–Crippen MR) is 145 cm³/mol. The van der Waals surface area contributed by atoms with Crippen LogP contribution in [0.4, 0.5) is 0 Å². The number of rotatable bonds is 5. The van der Waals surface area contributed by atoms with E-state index in [0.717, 1.165) is 0 Å². The van der Waals surface area contributed by atoms with Crippen LogP contribution in [0.2, 0.25) is 0 Å². The first-order chi connectivity index (χ1) is 19.3. The van der Waals surface area contributed by atoms with Crippen molar-refractivity contribution in [3.8, 4) is 0 Å². The lowest BCUT2D eigenvalue weighted by Crippen LogP contribution is -2.53. The van der Waals surface area contributed by atoms with Crippen molar-refractivity contribution < 1.29 is 30.0 Å². The summed E-state index contributed by atoms with van der Waals surface area (Å²) < 4.78 is 0. The van der Waals surface area contributed by atoms with Crippen LogP contribution in [0.3, 0.4) is 0 Å². The normalized spacial score (nSPS) is 25.1. The van der Waals surface area contributed by atoms with Gasteiger partial charge in [0, 0.05) is 23.0 Å². The van der Waals surface area contributed by atoms with Crippen LogP contribution in [0.1, 0.15) is 45.2 Å². The molecule has 2 N–H and O–H groups in total. The molecule has 4 unspecified atom stereocenters. The van der Waals surface area contributed by atoms with E-state index in [4.69, 9.17) is 0 Å². The summed E-state index contributed by atoms with van der Waals surface area (Å²) in [6, 6.07) is 30.7. The van der Waals surface area contributed by atoms with Gasteiger partial charge in [0.15, 0.2) is 0 Å². The fourth-order valence-corrected chi connectivity index (χ4v) is 6.49. The lowest BCUT2D eigenvalue weighted by atomic mass is 9.54. The minimum Gasteiger partial charge on any atom is -0.545 e. The molecule has 4 aromatic carbocycles. The fraction of sp³-hybridized carbons (Fsp3) is 0.118. The number of benzene rings is 4. The van der Waals surface area contributed by atoms with E-state index in [1.165, 1.54) is 12.2 Å². The van der Waals surface area contributed by atoms with E-state index < -0.39 is 35.0 Å². The van der Waals surface area contributed by atoms with Crippen LogP contribution >= 0.6 is 0 Å². The number of aliphatic hydroxyl groups is 2. The van der Waals surface area contributed by atoms with E-state index in [2.05, 4.69) is 0 Å². The first-order valence-corrected chi connectivity index (χ1v) is 12.9. The minimum atomic E-state index is -2.22. The Morgan fingerprint density at radius 3 is 1.20 bits per heavy atom. The van der Waals surface area contributed by atoms with Gasteiger partial charge >= 0.3 is 0 Å². The summed E-state index contributed by atoms with van der Waals surface area (Å²) in [6.45, 7) is 0. The number of hydrogen-bond acceptors (Lipinski definition) is 6. The lowest BCUT2D eigenvalue weighted by molar-refractivity contribution is -0.303. The Hall–Kier alpha value is -4.78. The van der Waals surface area contributed by atoms with Gasteiger partial charge in [0.05, 0.1) is 11.9 Å². The first-order valence-electron chi connectivity index (χ1n) is 12.9. The van der Waals surface area contributed by atoms with Crippen molar-refractivity contribution in [2.24, 2.45) is 0 Å². The molecule has 0 spiro atoms. The topological polar surface area (TPSA) is 121 Å². The van der Waals surface area contributed by atoms with Crippen molar-refractivity contribution in [1.29, 1.82) is 0 Å². The van der Waals surface area contributed by atoms with Crippen molar-refractivity contribution in [3.05, 3.63) is 154 Å². The molecule has 6 heteroatoms. The van der Waals surface area contributed by atoms with Crippen LogP contribution in [0.5, 0.6) is 0 Å². The molecule has 2 aliphatic rings. The number of carboxylic acids is 2. The third kappa shape index (κ3) is 3.65. The highest BCUT2D eigenvalue weighted by atomic mass is 16.4. The summed E-state index contributed by atoms with van der Waals surface area (Å²) in [7, 11) is 0. The monoisotopic (exact) mass is 528 g/mol. The smallest absolute Gasteiger partial charge is 0.124 e. The van der Waals surface area contributed by atoms with Gasteiger partial charge in [0.25, 0.3) is 0 Å². The molecule has 4 atom stereocenters. The molecule has 2 aliphatic carbocycles. The maximum atomic E-state index is 12.8. The Kier molecular flexibility index (Phi) is 6.02. The highest BCUT2D eigenvalue weighted by molar-refractivity contribution is 5.97. The van der Waals surface area contributed by atoms with Gasteiger partial charge < -0.3 is 30.0 Å². The molecule has 0 aromatic heterocycles. The highest BCUT2D eigenvalue weighted by Gasteiger charge is 2.58. The second kappa shape index (κ2) is 9.45. The van der Waals surface area contributed by atoms with Gasteiger partial charge in [-0.2, -0.15) is 0 Å². The van der Waals surface area contributed by atoms with E-state index in [-0.39, 0.29) is 22.3 Å². The standard InChI is InChI=1S/C34H26O6/c35-31(36)27-19-21-11-7-9-17-25(21)29(33(27,39)23-13-3-1-4-14-23)30-26-18-10-8-12-22(26)20-28(32(37)38)34(30,40)24-15-5-2-6-16-24/h1-20,29-30,39-40H,(H,35,36)(H,37,38)/p-2. The largest absolute Gasteiger partial charge is 0.545 e. The number of carbonyl (C=O) groups is 2. The Morgan fingerprint density at radius 1 is 0.525 bits per heavy atom. The summed E-state index contributed by atoms with van der Waals surface area (Å²) >= 11 is 0. The second-order valence-electron chi connectivity index (χ2n) is 10.2. The number of fused-ring (bicyclic) bond motifs is 2. The summed E-state index contributed by atoms with van der Waals surface area (Å²) in [5.74, 6) is -5.49.